The standard InChI is InChI=1S/C7H5N3S/c1-2-4-6-7(5-3-1)11-10-9-8-6/h1-5H. The molecule has 11 heavy (non-hydrogen) atoms. The minimum atomic E-state index is 0.884. The van der Waals surface area contributed by atoms with Gasteiger partial charge in [0.05, 0.1) is 4.91 Å². The quantitative estimate of drug-likeness (QED) is 0.505. The van der Waals surface area contributed by atoms with E-state index < -0.39 is 0 Å². The Balaban J connectivity index is 2.44. The molecule has 1 aliphatic carbocycles. The molecular weight excluding hydrogens is 158 g/mol. The maximum atomic E-state index is 3.87. The molecule has 0 saturated carbocycles. The van der Waals surface area contributed by atoms with Crippen LogP contribution in [0, 0.1) is 0 Å². The van der Waals surface area contributed by atoms with Gasteiger partial charge in [-0.1, -0.05) is 22.7 Å². The van der Waals surface area contributed by atoms with Crippen LogP contribution in [0.1, 0.15) is 0 Å². The summed E-state index contributed by atoms with van der Waals surface area (Å²) < 4.78 is 3.72. The number of nitrogens with zero attached hydrogens (tertiary/aromatic N) is 3. The largest absolute Gasteiger partial charge is 0.129 e. The van der Waals surface area contributed by atoms with E-state index in [2.05, 4.69) is 14.8 Å². The van der Waals surface area contributed by atoms with Crippen molar-refractivity contribution in [2.24, 2.45) is 14.8 Å². The van der Waals surface area contributed by atoms with Gasteiger partial charge >= 0.3 is 0 Å². The summed E-state index contributed by atoms with van der Waals surface area (Å²) in [6.07, 6.45) is 9.74. The minimum Gasteiger partial charge on any atom is -0.129 e. The van der Waals surface area contributed by atoms with Crippen LogP contribution in [0.4, 0.5) is 0 Å². The van der Waals surface area contributed by atoms with E-state index in [1.807, 2.05) is 30.4 Å². The van der Waals surface area contributed by atoms with Gasteiger partial charge in [0.2, 0.25) is 0 Å². The first-order chi connectivity index (χ1) is 5.47. The van der Waals surface area contributed by atoms with Crippen molar-refractivity contribution in [1.82, 2.24) is 0 Å². The molecule has 0 radical (unpaired) electrons. The molecule has 0 N–H and O–H groups in total. The molecule has 0 spiro atoms. The Morgan fingerprint density at radius 3 is 3.18 bits per heavy atom. The summed E-state index contributed by atoms with van der Waals surface area (Å²) in [7, 11) is 0. The Hall–Kier alpha value is -1.16. The fraction of sp³-hybridized carbons (Fsp3) is 0. The zero-order valence-corrected chi connectivity index (χ0v) is 6.45. The lowest BCUT2D eigenvalue weighted by Gasteiger charge is -2.01. The fourth-order valence-corrected chi connectivity index (χ4v) is 1.31. The number of fused-ring (bicyclic) bond motifs is 1. The predicted molar refractivity (Wildman–Crippen MR) is 46.2 cm³/mol. The Morgan fingerprint density at radius 1 is 1.18 bits per heavy atom. The molecular formula is C7H5N3S. The second-order valence-corrected chi connectivity index (χ2v) is 2.81. The summed E-state index contributed by atoms with van der Waals surface area (Å²) in [5.41, 5.74) is 0.884. The van der Waals surface area contributed by atoms with Crippen molar-refractivity contribution in [3.8, 4) is 0 Å². The second-order valence-electron chi connectivity index (χ2n) is 2.02. The van der Waals surface area contributed by atoms with E-state index >= 15 is 0 Å². The number of hydrogen-bond acceptors (Lipinski definition) is 4. The average molecular weight is 163 g/mol. The normalized spacial score (nSPS) is 20.4. The second kappa shape index (κ2) is 2.84. The third-order valence-corrected chi connectivity index (χ3v) is 2.00. The van der Waals surface area contributed by atoms with Gasteiger partial charge in [-0.05, 0) is 17.4 Å². The highest BCUT2D eigenvalue weighted by molar-refractivity contribution is 8.02. The highest BCUT2D eigenvalue weighted by atomic mass is 32.2. The van der Waals surface area contributed by atoms with Gasteiger partial charge in [0.25, 0.3) is 0 Å². The minimum absolute atomic E-state index is 0.884. The van der Waals surface area contributed by atoms with Gasteiger partial charge in [0, 0.05) is 11.9 Å². The first-order valence-electron chi connectivity index (χ1n) is 3.17. The Kier molecular flexibility index (Phi) is 1.69. The number of hydrogen-bond donors (Lipinski definition) is 0. The van der Waals surface area contributed by atoms with Crippen molar-refractivity contribution in [2.75, 3.05) is 0 Å². The molecule has 0 amide bonds. The van der Waals surface area contributed by atoms with Crippen molar-refractivity contribution in [3.63, 3.8) is 0 Å². The lowest BCUT2D eigenvalue weighted by Crippen LogP contribution is -1.95. The first kappa shape index (κ1) is 6.54. The Bertz CT molecular complexity index is 310. The molecule has 0 aromatic rings. The molecule has 1 heterocycles. The summed E-state index contributed by atoms with van der Waals surface area (Å²) in [6, 6.07) is 0. The molecule has 0 atom stereocenters. The van der Waals surface area contributed by atoms with Crippen LogP contribution >= 0.6 is 11.9 Å². The molecule has 1 aliphatic heterocycles. The van der Waals surface area contributed by atoms with Gasteiger partial charge in [-0.15, -0.1) is 5.10 Å². The van der Waals surface area contributed by atoms with E-state index in [1.165, 1.54) is 11.9 Å². The summed E-state index contributed by atoms with van der Waals surface area (Å²) >= 11 is 1.35. The topological polar surface area (TPSA) is 37.1 Å². The first-order valence-corrected chi connectivity index (χ1v) is 3.94. The van der Waals surface area contributed by atoms with Gasteiger partial charge < -0.3 is 0 Å². The third kappa shape index (κ3) is 1.30. The van der Waals surface area contributed by atoms with Gasteiger partial charge in [0.15, 0.2) is 0 Å². The molecule has 0 aromatic carbocycles. The zero-order chi connectivity index (χ0) is 7.52. The molecule has 2 aliphatic rings. The monoisotopic (exact) mass is 163 g/mol. The molecule has 54 valence electrons. The molecule has 0 unspecified atom stereocenters. The summed E-state index contributed by atoms with van der Waals surface area (Å²) in [5, 5.41) is 7.43. The van der Waals surface area contributed by atoms with Crippen molar-refractivity contribution >= 4 is 17.7 Å². The van der Waals surface area contributed by atoms with Crippen molar-refractivity contribution in [3.05, 3.63) is 35.3 Å². The summed E-state index contributed by atoms with van der Waals surface area (Å²) in [5.74, 6) is 0. The molecule has 0 fully saturated rings. The van der Waals surface area contributed by atoms with Gasteiger partial charge in [-0.25, -0.2) is 0 Å². The van der Waals surface area contributed by atoms with Crippen LogP contribution in [0.2, 0.25) is 0 Å². The summed E-state index contributed by atoms with van der Waals surface area (Å²) in [4.78, 5) is 1.05. The number of allylic oxidation sites excluding steroid dienone is 6. The van der Waals surface area contributed by atoms with Crippen LogP contribution in [0.15, 0.2) is 50.1 Å². The molecule has 3 nitrogen and oxygen atoms in total. The Labute approximate surface area is 68.4 Å². The van der Waals surface area contributed by atoms with Crippen LogP contribution in [-0.2, 0) is 0 Å². The zero-order valence-electron chi connectivity index (χ0n) is 5.64. The fourth-order valence-electron chi connectivity index (χ4n) is 0.810. The Morgan fingerprint density at radius 2 is 2.18 bits per heavy atom. The lowest BCUT2D eigenvalue weighted by atomic mass is 10.3. The predicted octanol–water partition coefficient (Wildman–Crippen LogP) is 2.47. The van der Waals surface area contributed by atoms with Crippen LogP contribution in [0.25, 0.3) is 0 Å². The van der Waals surface area contributed by atoms with E-state index in [-0.39, 0.29) is 0 Å². The number of rotatable bonds is 0. The van der Waals surface area contributed by atoms with E-state index in [1.54, 1.807) is 0 Å². The molecule has 2 rings (SSSR count). The summed E-state index contributed by atoms with van der Waals surface area (Å²) in [6.45, 7) is 0. The van der Waals surface area contributed by atoms with Gasteiger partial charge in [0.1, 0.15) is 5.71 Å². The van der Waals surface area contributed by atoms with Gasteiger partial charge in [-0.2, -0.15) is 0 Å². The van der Waals surface area contributed by atoms with E-state index in [0.29, 0.717) is 0 Å². The van der Waals surface area contributed by atoms with E-state index in [9.17, 15) is 0 Å². The van der Waals surface area contributed by atoms with Gasteiger partial charge in [-0.3, -0.25) is 0 Å². The highest BCUT2D eigenvalue weighted by Gasteiger charge is 2.08. The maximum absolute atomic E-state index is 3.87. The average Bonchev–Trinajstić information content (AvgIpc) is 2.28. The van der Waals surface area contributed by atoms with Crippen LogP contribution in [-0.4, -0.2) is 5.71 Å². The molecule has 0 aromatic heterocycles. The van der Waals surface area contributed by atoms with E-state index in [4.69, 9.17) is 0 Å². The maximum Gasteiger partial charge on any atom is 0.103 e. The highest BCUT2D eigenvalue weighted by Crippen LogP contribution is 2.24. The van der Waals surface area contributed by atoms with Crippen LogP contribution in [0.5, 0.6) is 0 Å². The van der Waals surface area contributed by atoms with Crippen molar-refractivity contribution in [1.29, 1.82) is 0 Å². The molecule has 4 heteroatoms. The lowest BCUT2D eigenvalue weighted by molar-refractivity contribution is 1.11. The molecule has 0 saturated heterocycles. The van der Waals surface area contributed by atoms with E-state index in [0.717, 1.165) is 10.6 Å². The van der Waals surface area contributed by atoms with Crippen LogP contribution in [0.3, 0.4) is 0 Å². The smallest absolute Gasteiger partial charge is 0.103 e. The SMILES string of the molecule is C1=CC=C2SN=NN=C2C=C1. The van der Waals surface area contributed by atoms with Crippen LogP contribution < -0.4 is 0 Å². The molecule has 0 bridgehead atoms. The van der Waals surface area contributed by atoms with Crippen molar-refractivity contribution in [2.45, 2.75) is 0 Å². The van der Waals surface area contributed by atoms with Crippen molar-refractivity contribution < 1.29 is 0 Å². The third-order valence-electron chi connectivity index (χ3n) is 1.30.